The number of ether oxygens (including phenoxy) is 1. The molecule has 1 heterocycles. The van der Waals surface area contributed by atoms with Crippen molar-refractivity contribution >= 4 is 11.8 Å². The molecule has 1 aromatic rings. The third-order valence-electron chi connectivity index (χ3n) is 2.04. The Morgan fingerprint density at radius 1 is 1.53 bits per heavy atom. The van der Waals surface area contributed by atoms with E-state index in [1.54, 1.807) is 24.1 Å². The van der Waals surface area contributed by atoms with Gasteiger partial charge in [0.1, 0.15) is 11.4 Å². The van der Waals surface area contributed by atoms with Gasteiger partial charge < -0.3 is 9.64 Å². The molecule has 1 aromatic heterocycles. The smallest absolute Gasteiger partial charge is 0.342 e. The highest BCUT2D eigenvalue weighted by atomic mass is 16.5. The molecular weight excluding hydrogens is 192 g/mol. The Hall–Kier alpha value is -1.58. The van der Waals surface area contributed by atoms with E-state index >= 15 is 0 Å². The van der Waals surface area contributed by atoms with Crippen LogP contribution in [-0.2, 0) is 4.74 Å². The molecular formula is C11H16N2O2. The van der Waals surface area contributed by atoms with Gasteiger partial charge in [-0.25, -0.2) is 9.78 Å². The van der Waals surface area contributed by atoms with E-state index in [1.807, 2.05) is 21.0 Å². The number of esters is 1. The van der Waals surface area contributed by atoms with Crippen LogP contribution >= 0.6 is 0 Å². The maximum Gasteiger partial charge on any atom is 0.342 e. The molecule has 15 heavy (non-hydrogen) atoms. The van der Waals surface area contributed by atoms with Crippen LogP contribution in [0.15, 0.2) is 12.3 Å². The predicted molar refractivity (Wildman–Crippen MR) is 59.3 cm³/mol. The minimum atomic E-state index is -0.313. The van der Waals surface area contributed by atoms with Crippen molar-refractivity contribution in [1.82, 2.24) is 4.98 Å². The summed E-state index contributed by atoms with van der Waals surface area (Å²) in [5, 5.41) is 0. The zero-order valence-corrected chi connectivity index (χ0v) is 9.57. The summed E-state index contributed by atoms with van der Waals surface area (Å²) in [6.07, 6.45) is 1.69. The lowest BCUT2D eigenvalue weighted by Crippen LogP contribution is -2.18. The fraction of sp³-hybridized carbons (Fsp3) is 0.455. The third-order valence-corrected chi connectivity index (χ3v) is 2.04. The molecule has 0 spiro atoms. The molecule has 0 saturated carbocycles. The van der Waals surface area contributed by atoms with Gasteiger partial charge in [0, 0.05) is 20.3 Å². The van der Waals surface area contributed by atoms with Crippen LogP contribution in [0.2, 0.25) is 0 Å². The molecule has 0 N–H and O–H groups in total. The van der Waals surface area contributed by atoms with Gasteiger partial charge in [-0.1, -0.05) is 0 Å². The summed E-state index contributed by atoms with van der Waals surface area (Å²) in [5.74, 6) is 0.334. The fourth-order valence-electron chi connectivity index (χ4n) is 1.34. The van der Waals surface area contributed by atoms with Crippen molar-refractivity contribution in [1.29, 1.82) is 0 Å². The van der Waals surface area contributed by atoms with Crippen LogP contribution in [0.25, 0.3) is 0 Å². The molecule has 0 amide bonds. The van der Waals surface area contributed by atoms with Gasteiger partial charge in [-0.2, -0.15) is 0 Å². The number of aryl methyl sites for hydroxylation is 1. The molecule has 4 heteroatoms. The molecule has 1 rings (SSSR count). The Balaban J connectivity index is 3.18. The first-order chi connectivity index (χ1) is 7.07. The minimum Gasteiger partial charge on any atom is -0.462 e. The lowest BCUT2D eigenvalue weighted by Gasteiger charge is -2.16. The molecule has 0 saturated heterocycles. The summed E-state index contributed by atoms with van der Waals surface area (Å²) in [6, 6.07) is 1.80. The van der Waals surface area contributed by atoms with Gasteiger partial charge in [0.05, 0.1) is 6.61 Å². The second kappa shape index (κ2) is 4.77. The molecule has 0 aromatic carbocycles. The van der Waals surface area contributed by atoms with E-state index in [4.69, 9.17) is 4.74 Å². The summed E-state index contributed by atoms with van der Waals surface area (Å²) in [5.41, 5.74) is 1.43. The average molecular weight is 208 g/mol. The summed E-state index contributed by atoms with van der Waals surface area (Å²) >= 11 is 0. The lowest BCUT2D eigenvalue weighted by molar-refractivity contribution is 0.0526. The predicted octanol–water partition coefficient (Wildman–Crippen LogP) is 1.63. The van der Waals surface area contributed by atoms with E-state index in [1.165, 1.54) is 0 Å². The lowest BCUT2D eigenvalue weighted by atomic mass is 10.1. The first-order valence-electron chi connectivity index (χ1n) is 4.88. The average Bonchev–Trinajstić information content (AvgIpc) is 2.17. The largest absolute Gasteiger partial charge is 0.462 e. The maximum absolute atomic E-state index is 11.7. The van der Waals surface area contributed by atoms with Gasteiger partial charge in [-0.3, -0.25) is 0 Å². The quantitative estimate of drug-likeness (QED) is 0.708. The summed E-state index contributed by atoms with van der Waals surface area (Å²) in [4.78, 5) is 17.7. The van der Waals surface area contributed by atoms with Crippen molar-refractivity contribution in [3.8, 4) is 0 Å². The Kier molecular flexibility index (Phi) is 3.66. The Morgan fingerprint density at radius 2 is 2.20 bits per heavy atom. The van der Waals surface area contributed by atoms with Gasteiger partial charge >= 0.3 is 5.97 Å². The molecule has 0 aliphatic carbocycles. The summed E-state index contributed by atoms with van der Waals surface area (Å²) < 4.78 is 4.99. The van der Waals surface area contributed by atoms with Crippen LogP contribution in [0.4, 0.5) is 5.82 Å². The zero-order chi connectivity index (χ0) is 11.4. The second-order valence-corrected chi connectivity index (χ2v) is 3.44. The molecule has 0 radical (unpaired) electrons. The minimum absolute atomic E-state index is 0.313. The number of nitrogens with zero attached hydrogens (tertiary/aromatic N) is 2. The van der Waals surface area contributed by atoms with Crippen molar-refractivity contribution in [2.75, 3.05) is 25.6 Å². The number of aromatic nitrogens is 1. The molecule has 0 aliphatic heterocycles. The summed E-state index contributed by atoms with van der Waals surface area (Å²) in [6.45, 7) is 4.04. The van der Waals surface area contributed by atoms with E-state index < -0.39 is 0 Å². The van der Waals surface area contributed by atoms with Gasteiger partial charge in [-0.15, -0.1) is 0 Å². The number of pyridine rings is 1. The van der Waals surface area contributed by atoms with Crippen molar-refractivity contribution < 1.29 is 9.53 Å². The second-order valence-electron chi connectivity index (χ2n) is 3.44. The number of hydrogen-bond donors (Lipinski definition) is 0. The zero-order valence-electron chi connectivity index (χ0n) is 9.57. The first kappa shape index (κ1) is 11.5. The number of carbonyl (C=O) groups is 1. The van der Waals surface area contributed by atoms with Crippen LogP contribution in [0.3, 0.4) is 0 Å². The molecule has 0 bridgehead atoms. The molecule has 0 atom stereocenters. The number of hydrogen-bond acceptors (Lipinski definition) is 4. The van der Waals surface area contributed by atoms with Gasteiger partial charge in [0.25, 0.3) is 0 Å². The van der Waals surface area contributed by atoms with Crippen molar-refractivity contribution in [3.05, 3.63) is 23.4 Å². The SMILES string of the molecule is CCOC(=O)c1c(C)ccnc1N(C)C. The highest BCUT2D eigenvalue weighted by Gasteiger charge is 2.17. The summed E-state index contributed by atoms with van der Waals surface area (Å²) in [7, 11) is 3.70. The standard InChI is InChI=1S/C11H16N2O2/c1-5-15-11(14)9-8(2)6-7-12-10(9)13(3)4/h6-7H,5H2,1-4H3. The van der Waals surface area contributed by atoms with Gasteiger partial charge in [-0.05, 0) is 25.5 Å². The van der Waals surface area contributed by atoms with Crippen LogP contribution < -0.4 is 4.90 Å². The van der Waals surface area contributed by atoms with Crippen LogP contribution in [0.5, 0.6) is 0 Å². The molecule has 82 valence electrons. The number of rotatable bonds is 3. The molecule has 4 nitrogen and oxygen atoms in total. The van der Waals surface area contributed by atoms with E-state index in [-0.39, 0.29) is 5.97 Å². The first-order valence-corrected chi connectivity index (χ1v) is 4.88. The van der Waals surface area contributed by atoms with E-state index in [9.17, 15) is 4.79 Å². The van der Waals surface area contributed by atoms with Crippen molar-refractivity contribution in [3.63, 3.8) is 0 Å². The fourth-order valence-corrected chi connectivity index (χ4v) is 1.34. The highest BCUT2D eigenvalue weighted by Crippen LogP contribution is 2.19. The van der Waals surface area contributed by atoms with Crippen molar-refractivity contribution in [2.24, 2.45) is 0 Å². The molecule has 0 unspecified atom stereocenters. The molecule has 0 fully saturated rings. The van der Waals surface area contributed by atoms with E-state index in [2.05, 4.69) is 4.98 Å². The third kappa shape index (κ3) is 2.46. The Labute approximate surface area is 89.9 Å². The Bertz CT molecular complexity index is 362. The Morgan fingerprint density at radius 3 is 2.73 bits per heavy atom. The van der Waals surface area contributed by atoms with Gasteiger partial charge in [0.15, 0.2) is 0 Å². The van der Waals surface area contributed by atoms with E-state index in [0.717, 1.165) is 5.56 Å². The maximum atomic E-state index is 11.7. The number of carbonyl (C=O) groups excluding carboxylic acids is 1. The van der Waals surface area contributed by atoms with Gasteiger partial charge in [0.2, 0.25) is 0 Å². The van der Waals surface area contributed by atoms with Crippen LogP contribution in [-0.4, -0.2) is 31.7 Å². The normalized spacial score (nSPS) is 9.87. The van der Waals surface area contributed by atoms with Crippen molar-refractivity contribution in [2.45, 2.75) is 13.8 Å². The van der Waals surface area contributed by atoms with Crippen LogP contribution in [0, 0.1) is 6.92 Å². The number of anilines is 1. The van der Waals surface area contributed by atoms with Crippen LogP contribution in [0.1, 0.15) is 22.8 Å². The monoisotopic (exact) mass is 208 g/mol. The van der Waals surface area contributed by atoms with E-state index in [0.29, 0.717) is 18.0 Å². The topological polar surface area (TPSA) is 42.4 Å². The molecule has 0 aliphatic rings. The highest BCUT2D eigenvalue weighted by molar-refractivity contribution is 5.96.